The zero-order chi connectivity index (χ0) is 26.6. The number of carbonyl (C=O) groups excluding carboxylic acids is 1. The molecule has 0 aliphatic heterocycles. The predicted molar refractivity (Wildman–Crippen MR) is 154 cm³/mol. The molecule has 0 bridgehead atoms. The van der Waals surface area contributed by atoms with E-state index in [9.17, 15) is 4.79 Å². The summed E-state index contributed by atoms with van der Waals surface area (Å²) in [5, 5.41) is 1.93. The highest BCUT2D eigenvalue weighted by molar-refractivity contribution is 7.10. The van der Waals surface area contributed by atoms with Crippen LogP contribution in [0.3, 0.4) is 0 Å². The maximum atomic E-state index is 12.0. The van der Waals surface area contributed by atoms with Crippen LogP contribution in [0.1, 0.15) is 93.5 Å². The number of ether oxygens (including phenoxy) is 1. The first-order chi connectivity index (χ1) is 16.1. The van der Waals surface area contributed by atoms with Crippen LogP contribution in [-0.2, 0) is 15.5 Å². The largest absolute Gasteiger partial charge is 0.488 e. The normalized spacial score (nSPS) is 14.4. The van der Waals surface area contributed by atoms with Crippen LogP contribution in [0.5, 0.6) is 5.75 Å². The van der Waals surface area contributed by atoms with Gasteiger partial charge in [-0.05, 0) is 66.3 Å². The van der Waals surface area contributed by atoms with E-state index in [0.717, 1.165) is 16.2 Å². The molecule has 2 rings (SSSR count). The second-order valence-corrected chi connectivity index (χ2v) is 17.8. The maximum absolute atomic E-state index is 12.0. The van der Waals surface area contributed by atoms with Gasteiger partial charge in [0.1, 0.15) is 12.4 Å². The summed E-state index contributed by atoms with van der Waals surface area (Å²) in [5.74, 6) is 0.988. The summed E-state index contributed by atoms with van der Waals surface area (Å²) in [6.45, 7) is 24.7. The molecule has 0 spiro atoms. The summed E-state index contributed by atoms with van der Waals surface area (Å²) in [6, 6.07) is 8.36. The molecule has 7 heteroatoms. The summed E-state index contributed by atoms with van der Waals surface area (Å²) in [7, 11) is -2.60. The summed E-state index contributed by atoms with van der Waals surface area (Å²) < 4.78 is 19.6. The average molecular weight is 535 g/mol. The van der Waals surface area contributed by atoms with Gasteiger partial charge in [0.2, 0.25) is 0 Å². The fraction of sp³-hybridized carbons (Fsp3) is 0.607. The van der Waals surface area contributed by atoms with Gasteiger partial charge in [0, 0.05) is 22.2 Å². The summed E-state index contributed by atoms with van der Waals surface area (Å²) >= 11 is 1.57. The highest BCUT2D eigenvalue weighted by atomic mass is 32.1. The van der Waals surface area contributed by atoms with Crippen LogP contribution < -0.4 is 4.74 Å². The van der Waals surface area contributed by atoms with Crippen LogP contribution in [0.15, 0.2) is 29.6 Å². The molecule has 35 heavy (non-hydrogen) atoms. The van der Waals surface area contributed by atoms with E-state index in [0.29, 0.717) is 13.0 Å². The third-order valence-electron chi connectivity index (χ3n) is 5.69. The molecular formula is C28H46O4SSi2. The fourth-order valence-corrected chi connectivity index (χ4v) is 7.10. The minimum atomic E-state index is -1.32. The van der Waals surface area contributed by atoms with E-state index in [1.54, 1.807) is 11.3 Å². The molecular weight excluding hydrogens is 489 g/mol. The van der Waals surface area contributed by atoms with E-state index in [-0.39, 0.29) is 28.8 Å². The van der Waals surface area contributed by atoms with Crippen molar-refractivity contribution in [2.75, 3.05) is 0 Å². The van der Waals surface area contributed by atoms with Crippen LogP contribution >= 0.6 is 11.3 Å². The first kappa shape index (κ1) is 30.0. The second kappa shape index (κ2) is 12.3. The number of Topliss-reactive ketones (excluding diaryl/α,β-unsaturated/α-hetero) is 1. The van der Waals surface area contributed by atoms with Gasteiger partial charge in [-0.25, -0.2) is 0 Å². The van der Waals surface area contributed by atoms with Crippen molar-refractivity contribution in [3.63, 3.8) is 0 Å². The molecule has 0 saturated heterocycles. The van der Waals surface area contributed by atoms with Gasteiger partial charge in [0.25, 0.3) is 0 Å². The standard InChI is InChI=1S/C28H46O4SSi2/c1-12-24(29)19-15-21(33-18-19)17-30-20-13-14-22(25(27(2,3)4)31-34(8)9)23(16-20)26(28(5,6)7)32-35(10)11/h13-16,18,25-26,34-35H,12,17H2,1-11H3. The SMILES string of the molecule is CCC(=O)c1csc(COc2ccc(C(O[SiH](C)C)C(C)(C)C)c(C(O[SiH](C)C)C(C)(C)C)c2)c1. The molecule has 0 aliphatic carbocycles. The van der Waals surface area contributed by atoms with Gasteiger partial charge in [0.05, 0.1) is 12.2 Å². The van der Waals surface area contributed by atoms with Gasteiger partial charge in [-0.15, -0.1) is 11.3 Å². The molecule has 4 nitrogen and oxygen atoms in total. The van der Waals surface area contributed by atoms with Gasteiger partial charge in [-0.1, -0.05) is 54.5 Å². The molecule has 2 unspecified atom stereocenters. The highest BCUT2D eigenvalue weighted by Crippen LogP contribution is 2.46. The lowest BCUT2D eigenvalue weighted by molar-refractivity contribution is 0.0653. The Labute approximate surface area is 220 Å². The fourth-order valence-electron chi connectivity index (χ4n) is 4.10. The summed E-state index contributed by atoms with van der Waals surface area (Å²) in [5.41, 5.74) is 3.01. The van der Waals surface area contributed by atoms with E-state index < -0.39 is 18.1 Å². The third kappa shape index (κ3) is 8.67. The molecule has 0 radical (unpaired) electrons. The van der Waals surface area contributed by atoms with E-state index in [1.165, 1.54) is 11.1 Å². The van der Waals surface area contributed by atoms with Crippen molar-refractivity contribution in [2.45, 2.75) is 99.9 Å². The highest BCUT2D eigenvalue weighted by Gasteiger charge is 2.36. The van der Waals surface area contributed by atoms with Crippen molar-refractivity contribution < 1.29 is 18.4 Å². The molecule has 0 N–H and O–H groups in total. The molecule has 1 heterocycles. The van der Waals surface area contributed by atoms with Crippen LogP contribution in [-0.4, -0.2) is 23.9 Å². The lowest BCUT2D eigenvalue weighted by Gasteiger charge is -2.39. The Morgan fingerprint density at radius 3 is 1.91 bits per heavy atom. The van der Waals surface area contributed by atoms with Crippen LogP contribution in [0.2, 0.25) is 26.2 Å². The Kier molecular flexibility index (Phi) is 10.6. The number of carbonyl (C=O) groups is 1. The smallest absolute Gasteiger partial charge is 0.171 e. The minimum absolute atomic E-state index is 0.0135. The quantitative estimate of drug-likeness (QED) is 0.216. The van der Waals surface area contributed by atoms with Gasteiger partial charge in [-0.2, -0.15) is 0 Å². The monoisotopic (exact) mass is 534 g/mol. The van der Waals surface area contributed by atoms with Crippen molar-refractivity contribution in [1.29, 1.82) is 0 Å². The lowest BCUT2D eigenvalue weighted by Crippen LogP contribution is -2.31. The number of ketones is 1. The van der Waals surface area contributed by atoms with Gasteiger partial charge < -0.3 is 13.6 Å². The molecule has 1 aromatic carbocycles. The second-order valence-electron chi connectivity index (χ2n) is 12.0. The number of hydrogen-bond acceptors (Lipinski definition) is 5. The molecule has 196 valence electrons. The summed E-state index contributed by atoms with van der Waals surface area (Å²) in [6.07, 6.45) is 0.455. The van der Waals surface area contributed by atoms with Gasteiger partial charge in [-0.3, -0.25) is 4.79 Å². The molecule has 1 aromatic heterocycles. The van der Waals surface area contributed by atoms with Gasteiger partial charge in [0.15, 0.2) is 23.9 Å². The zero-order valence-electron chi connectivity index (χ0n) is 23.7. The van der Waals surface area contributed by atoms with Crippen LogP contribution in [0.25, 0.3) is 0 Å². The molecule has 0 aliphatic rings. The van der Waals surface area contributed by atoms with Crippen LogP contribution in [0, 0.1) is 10.8 Å². The number of thiophene rings is 1. The minimum Gasteiger partial charge on any atom is -0.488 e. The predicted octanol–water partition coefficient (Wildman–Crippen LogP) is 8.09. The first-order valence-corrected chi connectivity index (χ1v) is 19.3. The number of benzene rings is 1. The van der Waals surface area contributed by atoms with Crippen molar-refractivity contribution in [3.05, 3.63) is 51.2 Å². The van der Waals surface area contributed by atoms with Crippen molar-refractivity contribution in [2.24, 2.45) is 10.8 Å². The zero-order valence-corrected chi connectivity index (χ0v) is 26.8. The molecule has 0 amide bonds. The van der Waals surface area contributed by atoms with E-state index in [2.05, 4.69) is 85.9 Å². The Bertz CT molecular complexity index is 970. The lowest BCUT2D eigenvalue weighted by atomic mass is 9.77. The maximum Gasteiger partial charge on any atom is 0.171 e. The molecule has 2 aromatic rings. The Morgan fingerprint density at radius 2 is 1.43 bits per heavy atom. The van der Waals surface area contributed by atoms with Crippen molar-refractivity contribution >= 4 is 35.2 Å². The Balaban J connectivity index is 2.50. The van der Waals surface area contributed by atoms with Crippen molar-refractivity contribution in [3.8, 4) is 5.75 Å². The third-order valence-corrected chi connectivity index (χ3v) is 8.23. The Hall–Kier alpha value is -1.26. The number of rotatable bonds is 11. The molecule has 0 saturated carbocycles. The van der Waals surface area contributed by atoms with Crippen molar-refractivity contribution in [1.82, 2.24) is 0 Å². The molecule has 2 atom stereocenters. The number of hydrogen-bond donors (Lipinski definition) is 0. The topological polar surface area (TPSA) is 44.8 Å². The van der Waals surface area contributed by atoms with Crippen LogP contribution in [0.4, 0.5) is 0 Å². The molecule has 0 fully saturated rings. The van der Waals surface area contributed by atoms with E-state index in [4.69, 9.17) is 13.6 Å². The van der Waals surface area contributed by atoms with E-state index >= 15 is 0 Å². The average Bonchev–Trinajstić information content (AvgIpc) is 3.21. The summed E-state index contributed by atoms with van der Waals surface area (Å²) in [4.78, 5) is 13.1. The van der Waals surface area contributed by atoms with E-state index in [1.807, 2.05) is 18.4 Å². The Morgan fingerprint density at radius 1 is 0.886 bits per heavy atom. The van der Waals surface area contributed by atoms with Gasteiger partial charge >= 0.3 is 0 Å². The first-order valence-electron chi connectivity index (χ1n) is 12.8.